The van der Waals surface area contributed by atoms with Crippen molar-refractivity contribution in [1.82, 2.24) is 10.2 Å². The second-order valence-electron chi connectivity index (χ2n) is 6.22. The molecule has 2 aliphatic rings. The molecule has 146 valence electrons. The highest BCUT2D eigenvalue weighted by molar-refractivity contribution is 6.23. The predicted molar refractivity (Wildman–Crippen MR) is 97.0 cm³/mol. The lowest BCUT2D eigenvalue weighted by Crippen LogP contribution is -2.54. The number of rotatable bonds is 5. The fourth-order valence-corrected chi connectivity index (χ4v) is 3.13. The molecular formula is C20H20N2O6. The third kappa shape index (κ3) is 3.81. The van der Waals surface area contributed by atoms with Crippen LogP contribution in [0.25, 0.3) is 0 Å². The molecule has 0 radical (unpaired) electrons. The third-order valence-electron chi connectivity index (χ3n) is 4.41. The van der Waals surface area contributed by atoms with Gasteiger partial charge in [-0.2, -0.15) is 0 Å². The van der Waals surface area contributed by atoms with Gasteiger partial charge >= 0.3 is 0 Å². The van der Waals surface area contributed by atoms with Crippen LogP contribution < -0.4 is 5.32 Å². The summed E-state index contributed by atoms with van der Waals surface area (Å²) in [7, 11) is 0. The van der Waals surface area contributed by atoms with Crippen LogP contribution >= 0.6 is 0 Å². The van der Waals surface area contributed by atoms with Crippen LogP contribution in [0.2, 0.25) is 0 Å². The Hall–Kier alpha value is -3.02. The molecule has 8 heteroatoms. The van der Waals surface area contributed by atoms with E-state index in [0.717, 1.165) is 4.90 Å². The fraction of sp³-hybridized carbons (Fsp3) is 0.400. The smallest absolute Gasteiger partial charge is 0.262 e. The first-order valence-corrected chi connectivity index (χ1v) is 9.06. The molecule has 1 unspecified atom stereocenters. The Labute approximate surface area is 162 Å². The fourth-order valence-electron chi connectivity index (χ4n) is 3.13. The van der Waals surface area contributed by atoms with Crippen molar-refractivity contribution in [3.05, 3.63) is 34.9 Å². The van der Waals surface area contributed by atoms with Crippen LogP contribution in [0.1, 0.15) is 53.0 Å². The van der Waals surface area contributed by atoms with Gasteiger partial charge in [-0.15, -0.1) is 0 Å². The van der Waals surface area contributed by atoms with Gasteiger partial charge < -0.3 is 9.47 Å². The molecule has 0 spiro atoms. The van der Waals surface area contributed by atoms with E-state index in [1.54, 1.807) is 6.07 Å². The Kier molecular flexibility index (Phi) is 5.87. The van der Waals surface area contributed by atoms with Gasteiger partial charge in [0.15, 0.2) is 0 Å². The summed E-state index contributed by atoms with van der Waals surface area (Å²) in [5.74, 6) is 3.56. The minimum absolute atomic E-state index is 0.0801. The Bertz CT molecular complexity index is 892. The van der Waals surface area contributed by atoms with Crippen LogP contribution in [0.3, 0.4) is 0 Å². The summed E-state index contributed by atoms with van der Waals surface area (Å²) in [5.41, 5.74) is 0.923. The zero-order valence-corrected chi connectivity index (χ0v) is 15.6. The Morgan fingerprint density at radius 2 is 1.79 bits per heavy atom. The Morgan fingerprint density at radius 3 is 2.43 bits per heavy atom. The van der Waals surface area contributed by atoms with E-state index in [9.17, 15) is 19.2 Å². The highest BCUT2D eigenvalue weighted by Crippen LogP contribution is 2.28. The van der Waals surface area contributed by atoms with Crippen molar-refractivity contribution in [2.45, 2.75) is 39.0 Å². The molecule has 0 saturated carbocycles. The molecular weight excluding hydrogens is 364 g/mol. The van der Waals surface area contributed by atoms with Gasteiger partial charge in [0.2, 0.25) is 18.1 Å². The van der Waals surface area contributed by atoms with E-state index in [1.807, 2.05) is 13.8 Å². The lowest BCUT2D eigenvalue weighted by atomic mass is 10.0. The first-order chi connectivity index (χ1) is 13.5. The number of hydrogen-bond acceptors (Lipinski definition) is 6. The summed E-state index contributed by atoms with van der Waals surface area (Å²) in [4.78, 5) is 49.7. The molecule has 1 atom stereocenters. The van der Waals surface area contributed by atoms with Crippen LogP contribution in [0.5, 0.6) is 0 Å². The van der Waals surface area contributed by atoms with Crippen LogP contribution in [-0.2, 0) is 19.1 Å². The van der Waals surface area contributed by atoms with Crippen LogP contribution in [0.15, 0.2) is 18.2 Å². The number of hydrogen-bond donors (Lipinski definition) is 1. The molecule has 0 aliphatic carbocycles. The maximum Gasteiger partial charge on any atom is 0.262 e. The predicted octanol–water partition coefficient (Wildman–Crippen LogP) is 0.838. The van der Waals surface area contributed by atoms with Crippen LogP contribution in [0, 0.1) is 11.8 Å². The summed E-state index contributed by atoms with van der Waals surface area (Å²) < 4.78 is 10.7. The van der Waals surface area contributed by atoms with Gasteiger partial charge in [0.05, 0.1) is 11.1 Å². The van der Waals surface area contributed by atoms with Gasteiger partial charge in [-0.3, -0.25) is 29.4 Å². The number of nitrogens with zero attached hydrogens (tertiary/aromatic N) is 1. The molecule has 1 aromatic rings. The van der Waals surface area contributed by atoms with Crippen molar-refractivity contribution in [2.24, 2.45) is 0 Å². The van der Waals surface area contributed by atoms with Gasteiger partial charge in [-0.25, -0.2) is 0 Å². The van der Waals surface area contributed by atoms with E-state index >= 15 is 0 Å². The monoisotopic (exact) mass is 384 g/mol. The van der Waals surface area contributed by atoms with Crippen molar-refractivity contribution in [2.75, 3.05) is 13.2 Å². The molecule has 1 fully saturated rings. The summed E-state index contributed by atoms with van der Waals surface area (Å²) in [6.07, 6.45) is -0.482. The summed E-state index contributed by atoms with van der Waals surface area (Å²) >= 11 is 0. The number of ether oxygens (including phenoxy) is 2. The van der Waals surface area contributed by atoms with Gasteiger partial charge in [0, 0.05) is 25.2 Å². The quantitative estimate of drug-likeness (QED) is 0.459. The Balaban J connectivity index is 1.84. The maximum atomic E-state index is 12.8. The van der Waals surface area contributed by atoms with E-state index in [2.05, 4.69) is 17.2 Å². The minimum atomic E-state index is -0.986. The van der Waals surface area contributed by atoms with E-state index in [0.29, 0.717) is 18.8 Å². The molecule has 4 amide bonds. The summed E-state index contributed by atoms with van der Waals surface area (Å²) in [6.45, 7) is 4.54. The Morgan fingerprint density at radius 1 is 1.11 bits per heavy atom. The van der Waals surface area contributed by atoms with E-state index in [1.165, 1.54) is 12.1 Å². The number of carbonyl (C=O) groups is 4. The molecule has 1 aromatic carbocycles. The molecule has 0 bridgehead atoms. The average Bonchev–Trinajstić information content (AvgIpc) is 2.91. The van der Waals surface area contributed by atoms with E-state index in [4.69, 9.17) is 9.47 Å². The largest absolute Gasteiger partial charge is 0.342 e. The molecule has 8 nitrogen and oxygen atoms in total. The lowest BCUT2D eigenvalue weighted by molar-refractivity contribution is -0.136. The summed E-state index contributed by atoms with van der Waals surface area (Å²) in [5, 5.41) is 2.17. The van der Waals surface area contributed by atoms with E-state index in [-0.39, 0.29) is 24.0 Å². The number of piperidine rings is 1. The topological polar surface area (TPSA) is 102 Å². The number of amides is 4. The first kappa shape index (κ1) is 19.7. The number of imide groups is 2. The molecule has 1 N–H and O–H groups in total. The number of benzene rings is 1. The molecule has 2 heterocycles. The number of nitrogens with one attached hydrogen (secondary N) is 1. The minimum Gasteiger partial charge on any atom is -0.342 e. The SMILES string of the molecule is CCOC(C#Cc1ccc2c(c1)C(=O)N(C1CCC(=O)NC1=O)C2=O)OCC. The zero-order chi connectivity index (χ0) is 20.3. The second-order valence-corrected chi connectivity index (χ2v) is 6.22. The molecule has 3 rings (SSSR count). The second kappa shape index (κ2) is 8.33. The first-order valence-electron chi connectivity index (χ1n) is 9.06. The van der Waals surface area contributed by atoms with Crippen molar-refractivity contribution >= 4 is 23.6 Å². The van der Waals surface area contributed by atoms with Gasteiger partial charge in [0.25, 0.3) is 11.8 Å². The molecule has 1 saturated heterocycles. The maximum absolute atomic E-state index is 12.8. The standard InChI is InChI=1S/C20H20N2O6/c1-3-27-17(28-4-2)10-6-12-5-7-13-14(11-12)20(26)22(19(13)25)15-8-9-16(23)21-18(15)24/h5,7,11,15,17H,3-4,8-9H2,1-2H3,(H,21,23,24). The third-order valence-corrected chi connectivity index (χ3v) is 4.41. The average molecular weight is 384 g/mol. The van der Waals surface area contributed by atoms with Gasteiger partial charge in [-0.1, -0.05) is 5.92 Å². The highest BCUT2D eigenvalue weighted by Gasteiger charge is 2.44. The molecule has 28 heavy (non-hydrogen) atoms. The van der Waals surface area contributed by atoms with Crippen LogP contribution in [0.4, 0.5) is 0 Å². The van der Waals surface area contributed by atoms with Crippen molar-refractivity contribution in [3.8, 4) is 11.8 Å². The zero-order valence-electron chi connectivity index (χ0n) is 15.6. The van der Waals surface area contributed by atoms with Crippen LogP contribution in [-0.4, -0.2) is 54.1 Å². The van der Waals surface area contributed by atoms with Crippen molar-refractivity contribution in [1.29, 1.82) is 0 Å². The normalized spacial score (nSPS) is 18.8. The summed E-state index contributed by atoms with van der Waals surface area (Å²) in [6, 6.07) is 3.67. The van der Waals surface area contributed by atoms with Crippen molar-refractivity contribution in [3.63, 3.8) is 0 Å². The van der Waals surface area contributed by atoms with Gasteiger partial charge in [-0.05, 0) is 44.4 Å². The number of fused-ring (bicyclic) bond motifs is 1. The molecule has 0 aromatic heterocycles. The number of carbonyl (C=O) groups excluding carboxylic acids is 4. The van der Waals surface area contributed by atoms with E-state index < -0.39 is 36.0 Å². The lowest BCUT2D eigenvalue weighted by Gasteiger charge is -2.27. The van der Waals surface area contributed by atoms with Crippen molar-refractivity contribution < 1.29 is 28.7 Å². The molecule has 2 aliphatic heterocycles. The van der Waals surface area contributed by atoms with Gasteiger partial charge in [0.1, 0.15) is 6.04 Å². The highest BCUT2D eigenvalue weighted by atomic mass is 16.7.